The average Bonchev–Trinajstić information content (AvgIpc) is 2.93. The van der Waals surface area contributed by atoms with E-state index in [1.165, 1.54) is 45.3 Å². The smallest absolute Gasteiger partial charge is 0.191 e. The minimum atomic E-state index is 0.479. The zero-order valence-electron chi connectivity index (χ0n) is 14.8. The fourth-order valence-electron chi connectivity index (χ4n) is 2.82. The second-order valence-corrected chi connectivity index (χ2v) is 7.08. The second kappa shape index (κ2) is 10.0. The Morgan fingerprint density at radius 1 is 1.10 bits per heavy atom. The molecule has 2 unspecified atom stereocenters. The van der Waals surface area contributed by atoms with Crippen molar-refractivity contribution in [2.75, 3.05) is 33.2 Å². The van der Waals surface area contributed by atoms with Gasteiger partial charge in [0.25, 0.3) is 0 Å². The van der Waals surface area contributed by atoms with Crippen LogP contribution in [0.1, 0.15) is 53.4 Å². The molecule has 1 rings (SSSR count). The molecule has 21 heavy (non-hydrogen) atoms. The van der Waals surface area contributed by atoms with Gasteiger partial charge >= 0.3 is 0 Å². The molecule has 1 aliphatic rings. The van der Waals surface area contributed by atoms with E-state index in [0.717, 1.165) is 18.4 Å². The maximum absolute atomic E-state index is 4.34. The van der Waals surface area contributed by atoms with Crippen molar-refractivity contribution in [3.8, 4) is 0 Å². The van der Waals surface area contributed by atoms with E-state index in [4.69, 9.17) is 0 Å². The Morgan fingerprint density at radius 3 is 2.33 bits per heavy atom. The van der Waals surface area contributed by atoms with Crippen LogP contribution in [0.5, 0.6) is 0 Å². The first-order valence-corrected chi connectivity index (χ1v) is 8.70. The monoisotopic (exact) mass is 296 g/mol. The largest absolute Gasteiger partial charge is 0.356 e. The Hall–Kier alpha value is -0.770. The summed E-state index contributed by atoms with van der Waals surface area (Å²) in [7, 11) is 1.86. The lowest BCUT2D eigenvalue weighted by Crippen LogP contribution is -2.44. The van der Waals surface area contributed by atoms with Gasteiger partial charge in [0, 0.05) is 26.2 Å². The van der Waals surface area contributed by atoms with E-state index >= 15 is 0 Å². The molecule has 0 aromatic carbocycles. The number of aliphatic imine (C=N–C) groups is 1. The number of likely N-dealkylation sites (tertiary alicyclic amines) is 1. The van der Waals surface area contributed by atoms with Gasteiger partial charge in [-0.1, -0.05) is 20.8 Å². The molecule has 1 aliphatic heterocycles. The Balaban J connectivity index is 2.20. The topological polar surface area (TPSA) is 39.7 Å². The molecule has 2 atom stereocenters. The number of rotatable bonds is 8. The fourth-order valence-corrected chi connectivity index (χ4v) is 2.82. The van der Waals surface area contributed by atoms with Crippen LogP contribution in [0.15, 0.2) is 4.99 Å². The summed E-state index contributed by atoms with van der Waals surface area (Å²) in [6.45, 7) is 13.9. The zero-order chi connectivity index (χ0) is 15.7. The molecule has 124 valence electrons. The van der Waals surface area contributed by atoms with E-state index in [0.29, 0.717) is 12.0 Å². The third kappa shape index (κ3) is 8.30. The van der Waals surface area contributed by atoms with Crippen LogP contribution in [0.2, 0.25) is 0 Å². The summed E-state index contributed by atoms with van der Waals surface area (Å²) in [6.07, 6.45) is 5.20. The van der Waals surface area contributed by atoms with Gasteiger partial charge in [-0.05, 0) is 57.5 Å². The van der Waals surface area contributed by atoms with Crippen LogP contribution in [0, 0.1) is 11.8 Å². The maximum atomic E-state index is 4.34. The molecule has 0 bridgehead atoms. The average molecular weight is 297 g/mol. The van der Waals surface area contributed by atoms with Crippen LogP contribution in [0.3, 0.4) is 0 Å². The first-order valence-electron chi connectivity index (χ1n) is 8.70. The highest BCUT2D eigenvalue weighted by Gasteiger charge is 2.15. The number of guanidine groups is 1. The summed E-state index contributed by atoms with van der Waals surface area (Å²) in [5, 5.41) is 6.97. The fraction of sp³-hybridized carbons (Fsp3) is 0.941. The standard InChI is InChI=1S/C17H36N4/c1-14(2)8-9-16(4)20-17(18-5)19-12-15(3)13-21-10-6-7-11-21/h14-16H,6-13H2,1-5H3,(H2,18,19,20). The minimum Gasteiger partial charge on any atom is -0.356 e. The molecule has 0 aliphatic carbocycles. The summed E-state index contributed by atoms with van der Waals surface area (Å²) < 4.78 is 0. The Morgan fingerprint density at radius 2 is 1.76 bits per heavy atom. The van der Waals surface area contributed by atoms with E-state index in [2.05, 4.69) is 48.2 Å². The molecule has 0 spiro atoms. The number of hydrogen-bond acceptors (Lipinski definition) is 2. The van der Waals surface area contributed by atoms with Crippen LogP contribution in [0.4, 0.5) is 0 Å². The van der Waals surface area contributed by atoms with Crippen LogP contribution >= 0.6 is 0 Å². The van der Waals surface area contributed by atoms with Gasteiger partial charge in [-0.25, -0.2) is 0 Å². The van der Waals surface area contributed by atoms with Crippen molar-refractivity contribution in [2.45, 2.75) is 59.4 Å². The molecule has 4 heteroatoms. The number of nitrogens with zero attached hydrogens (tertiary/aromatic N) is 2. The molecule has 1 fully saturated rings. The summed E-state index contributed by atoms with van der Waals surface area (Å²) in [6, 6.07) is 0.479. The Labute approximate surface area is 131 Å². The van der Waals surface area contributed by atoms with Crippen molar-refractivity contribution < 1.29 is 0 Å². The molecule has 4 nitrogen and oxygen atoms in total. The van der Waals surface area contributed by atoms with Crippen LogP contribution in [-0.2, 0) is 0 Å². The van der Waals surface area contributed by atoms with Crippen LogP contribution < -0.4 is 10.6 Å². The van der Waals surface area contributed by atoms with Gasteiger partial charge in [0.1, 0.15) is 0 Å². The highest BCUT2D eigenvalue weighted by Crippen LogP contribution is 2.10. The van der Waals surface area contributed by atoms with Crippen molar-refractivity contribution in [1.82, 2.24) is 15.5 Å². The van der Waals surface area contributed by atoms with Crippen LogP contribution in [-0.4, -0.2) is 50.1 Å². The third-order valence-corrected chi connectivity index (χ3v) is 4.17. The van der Waals surface area contributed by atoms with Gasteiger partial charge in [-0.15, -0.1) is 0 Å². The molecule has 0 radical (unpaired) electrons. The molecule has 0 amide bonds. The van der Waals surface area contributed by atoms with Gasteiger partial charge in [-0.3, -0.25) is 4.99 Å². The van der Waals surface area contributed by atoms with E-state index in [1.807, 2.05) is 7.05 Å². The Kier molecular flexibility index (Phi) is 8.74. The lowest BCUT2D eigenvalue weighted by Gasteiger charge is -2.23. The molecular weight excluding hydrogens is 260 g/mol. The van der Waals surface area contributed by atoms with Crippen molar-refractivity contribution in [2.24, 2.45) is 16.8 Å². The first-order chi connectivity index (χ1) is 10.0. The van der Waals surface area contributed by atoms with Gasteiger partial charge in [-0.2, -0.15) is 0 Å². The normalized spacial score (nSPS) is 19.8. The van der Waals surface area contributed by atoms with Crippen LogP contribution in [0.25, 0.3) is 0 Å². The lowest BCUT2D eigenvalue weighted by atomic mass is 10.0. The highest BCUT2D eigenvalue weighted by atomic mass is 15.2. The highest BCUT2D eigenvalue weighted by molar-refractivity contribution is 5.79. The van der Waals surface area contributed by atoms with E-state index in [1.54, 1.807) is 0 Å². The van der Waals surface area contributed by atoms with Crippen molar-refractivity contribution in [3.05, 3.63) is 0 Å². The SMILES string of the molecule is CN=C(NCC(C)CN1CCCC1)NC(C)CCC(C)C. The summed E-state index contributed by atoms with van der Waals surface area (Å²) in [5.41, 5.74) is 0. The van der Waals surface area contributed by atoms with Gasteiger partial charge in [0.15, 0.2) is 5.96 Å². The predicted octanol–water partition coefficient (Wildman–Crippen LogP) is 2.71. The van der Waals surface area contributed by atoms with Crippen molar-refractivity contribution in [3.63, 3.8) is 0 Å². The second-order valence-electron chi connectivity index (χ2n) is 7.08. The maximum Gasteiger partial charge on any atom is 0.191 e. The molecule has 0 aromatic heterocycles. The predicted molar refractivity (Wildman–Crippen MR) is 92.9 cm³/mol. The molecule has 1 saturated heterocycles. The zero-order valence-corrected chi connectivity index (χ0v) is 14.8. The molecule has 1 heterocycles. The lowest BCUT2D eigenvalue weighted by molar-refractivity contribution is 0.287. The summed E-state index contributed by atoms with van der Waals surface area (Å²) >= 11 is 0. The van der Waals surface area contributed by atoms with E-state index in [9.17, 15) is 0 Å². The summed E-state index contributed by atoms with van der Waals surface area (Å²) in [4.78, 5) is 6.92. The molecule has 0 aromatic rings. The molecular formula is C17H36N4. The van der Waals surface area contributed by atoms with Gasteiger partial charge in [0.2, 0.25) is 0 Å². The van der Waals surface area contributed by atoms with E-state index < -0.39 is 0 Å². The quantitative estimate of drug-likeness (QED) is 0.534. The number of nitrogens with one attached hydrogen (secondary N) is 2. The summed E-state index contributed by atoms with van der Waals surface area (Å²) in [5.74, 6) is 2.37. The Bertz CT molecular complexity index is 295. The first kappa shape index (κ1) is 18.3. The number of hydrogen-bond donors (Lipinski definition) is 2. The van der Waals surface area contributed by atoms with Gasteiger partial charge < -0.3 is 15.5 Å². The van der Waals surface area contributed by atoms with Crippen molar-refractivity contribution in [1.29, 1.82) is 0 Å². The van der Waals surface area contributed by atoms with Crippen molar-refractivity contribution >= 4 is 5.96 Å². The minimum absolute atomic E-state index is 0.479. The molecule has 0 saturated carbocycles. The third-order valence-electron chi connectivity index (χ3n) is 4.17. The van der Waals surface area contributed by atoms with Gasteiger partial charge in [0.05, 0.1) is 0 Å². The van der Waals surface area contributed by atoms with E-state index in [-0.39, 0.29) is 0 Å². The molecule has 2 N–H and O–H groups in total.